The molecule has 0 saturated carbocycles. The van der Waals surface area contributed by atoms with E-state index in [9.17, 15) is 4.39 Å². The number of quaternary nitrogens is 1. The summed E-state index contributed by atoms with van der Waals surface area (Å²) < 4.78 is 21.1. The molecule has 3 N–H and O–H groups in total. The highest BCUT2D eigenvalue weighted by molar-refractivity contribution is 5.41. The number of halogens is 1. The fourth-order valence-corrected chi connectivity index (χ4v) is 2.15. The predicted molar refractivity (Wildman–Crippen MR) is 102 cm³/mol. The molecule has 7 heteroatoms. The lowest BCUT2D eigenvalue weighted by atomic mass is 10.2. The zero-order valence-corrected chi connectivity index (χ0v) is 15.4. The zero-order chi connectivity index (χ0) is 19.5. The largest absolute Gasteiger partial charge is 0.456 e. The van der Waals surface area contributed by atoms with Gasteiger partial charge in [-0.1, -0.05) is 31.2 Å². The minimum Gasteiger partial charge on any atom is -0.456 e. The van der Waals surface area contributed by atoms with Crippen LogP contribution in [0.4, 0.5) is 4.39 Å². The summed E-state index contributed by atoms with van der Waals surface area (Å²) in [6.45, 7) is 4.00. The van der Waals surface area contributed by atoms with Crippen LogP contribution in [0.3, 0.4) is 0 Å². The Balaban J connectivity index is 0.00000126. The van der Waals surface area contributed by atoms with Gasteiger partial charge in [0.15, 0.2) is 0 Å². The van der Waals surface area contributed by atoms with Crippen LogP contribution in [0.15, 0.2) is 73.4 Å². The van der Waals surface area contributed by atoms with E-state index in [2.05, 4.69) is 21.0 Å². The van der Waals surface area contributed by atoms with Crippen molar-refractivity contribution in [3.63, 3.8) is 0 Å². The zero-order valence-electron chi connectivity index (χ0n) is 15.4. The van der Waals surface area contributed by atoms with Crippen molar-refractivity contribution in [1.82, 2.24) is 20.0 Å². The summed E-state index contributed by atoms with van der Waals surface area (Å²) in [5, 5.41) is 8.12. The quantitative estimate of drug-likeness (QED) is 0.676. The summed E-state index contributed by atoms with van der Waals surface area (Å²) in [6, 6.07) is 7.86. The number of ether oxygens (including phenoxy) is 1. The second-order valence-corrected chi connectivity index (χ2v) is 5.15. The van der Waals surface area contributed by atoms with Gasteiger partial charge in [0.2, 0.25) is 0 Å². The van der Waals surface area contributed by atoms with E-state index in [0.29, 0.717) is 23.6 Å². The van der Waals surface area contributed by atoms with Crippen LogP contribution in [0.1, 0.15) is 19.5 Å². The van der Waals surface area contributed by atoms with E-state index in [1.807, 2.05) is 32.1 Å². The number of pyridine rings is 1. The Labute approximate surface area is 157 Å². The van der Waals surface area contributed by atoms with E-state index < -0.39 is 5.82 Å². The normalized spacial score (nSPS) is 10.8. The minimum atomic E-state index is -0.422. The van der Waals surface area contributed by atoms with Gasteiger partial charge < -0.3 is 10.5 Å². The second-order valence-electron chi connectivity index (χ2n) is 5.15. The standard InChI is InChI=1S/C18H16FN5O.C2H6/c19-14-9-16(11-18(10-14)25-17-6-4-8-21-12-17)24-13-15(22-23-24)5-2-1-3-7-20;1-2/h1-4,6-13H,5,20H2;1-2H3/p+1/b2-1-,7-3-;. The lowest BCUT2D eigenvalue weighted by Crippen LogP contribution is -2.38. The first-order valence-electron chi connectivity index (χ1n) is 8.65. The lowest BCUT2D eigenvalue weighted by Gasteiger charge is -2.07. The predicted octanol–water partition coefficient (Wildman–Crippen LogP) is 3.47. The van der Waals surface area contributed by atoms with Crippen molar-refractivity contribution in [2.75, 3.05) is 0 Å². The highest BCUT2D eigenvalue weighted by Gasteiger charge is 2.07. The molecule has 3 rings (SSSR count). The maximum absolute atomic E-state index is 13.9. The Morgan fingerprint density at radius 1 is 1.19 bits per heavy atom. The van der Waals surface area contributed by atoms with Crippen molar-refractivity contribution in [3.8, 4) is 17.2 Å². The maximum Gasteiger partial charge on any atom is 0.145 e. The second kappa shape index (κ2) is 10.6. The molecule has 0 bridgehead atoms. The van der Waals surface area contributed by atoms with E-state index in [1.54, 1.807) is 43.0 Å². The summed E-state index contributed by atoms with van der Waals surface area (Å²) >= 11 is 0. The third-order valence-corrected chi connectivity index (χ3v) is 3.24. The Hall–Kier alpha value is -3.32. The van der Waals surface area contributed by atoms with Crippen LogP contribution in [-0.2, 0) is 6.42 Å². The van der Waals surface area contributed by atoms with Crippen LogP contribution < -0.4 is 10.5 Å². The molecule has 0 spiro atoms. The van der Waals surface area contributed by atoms with E-state index in [1.165, 1.54) is 16.8 Å². The Bertz CT molecular complexity index is 890. The van der Waals surface area contributed by atoms with Crippen molar-refractivity contribution >= 4 is 0 Å². The van der Waals surface area contributed by atoms with Crippen molar-refractivity contribution < 1.29 is 14.9 Å². The maximum atomic E-state index is 13.9. The van der Waals surface area contributed by atoms with Crippen molar-refractivity contribution in [2.24, 2.45) is 0 Å². The van der Waals surface area contributed by atoms with Gasteiger partial charge in [0.25, 0.3) is 0 Å². The van der Waals surface area contributed by atoms with Crippen LogP contribution in [-0.4, -0.2) is 20.0 Å². The van der Waals surface area contributed by atoms with Crippen LogP contribution in [0.2, 0.25) is 0 Å². The highest BCUT2D eigenvalue weighted by Crippen LogP contribution is 2.24. The van der Waals surface area contributed by atoms with Gasteiger partial charge in [0, 0.05) is 24.8 Å². The molecule has 0 aliphatic rings. The highest BCUT2D eigenvalue weighted by atomic mass is 19.1. The molecule has 0 saturated heterocycles. The summed E-state index contributed by atoms with van der Waals surface area (Å²) in [5.41, 5.74) is 4.90. The van der Waals surface area contributed by atoms with Crippen molar-refractivity contribution in [3.05, 3.63) is 84.9 Å². The van der Waals surface area contributed by atoms with Crippen LogP contribution in [0, 0.1) is 5.82 Å². The van der Waals surface area contributed by atoms with Gasteiger partial charge in [-0.3, -0.25) is 4.98 Å². The van der Waals surface area contributed by atoms with Crippen LogP contribution in [0.25, 0.3) is 5.69 Å². The van der Waals surface area contributed by atoms with Gasteiger partial charge in [-0.2, -0.15) is 0 Å². The molecule has 0 unspecified atom stereocenters. The van der Waals surface area contributed by atoms with Gasteiger partial charge in [-0.15, -0.1) is 5.10 Å². The molecule has 0 aliphatic heterocycles. The van der Waals surface area contributed by atoms with E-state index in [-0.39, 0.29) is 0 Å². The number of aromatic nitrogens is 4. The molecule has 6 nitrogen and oxygen atoms in total. The van der Waals surface area contributed by atoms with Crippen molar-refractivity contribution in [2.45, 2.75) is 20.3 Å². The molecule has 0 fully saturated rings. The van der Waals surface area contributed by atoms with Gasteiger partial charge in [0.05, 0.1) is 30.0 Å². The van der Waals surface area contributed by atoms with Crippen LogP contribution >= 0.6 is 0 Å². The topological polar surface area (TPSA) is 80.5 Å². The molecule has 0 amide bonds. The lowest BCUT2D eigenvalue weighted by molar-refractivity contribution is -0.274. The SMILES string of the molecule is CC.[NH3+]/C=C\C=C/Cc1cn(-c2cc(F)cc(Oc3cccnc3)c2)nn1. The average Bonchev–Trinajstić information content (AvgIpc) is 3.16. The summed E-state index contributed by atoms with van der Waals surface area (Å²) in [7, 11) is 0. The Kier molecular flexibility index (Phi) is 7.87. The number of rotatable bonds is 6. The molecule has 0 atom stereocenters. The molecule has 140 valence electrons. The molecule has 27 heavy (non-hydrogen) atoms. The smallest absolute Gasteiger partial charge is 0.145 e. The van der Waals surface area contributed by atoms with E-state index in [4.69, 9.17) is 4.74 Å². The summed E-state index contributed by atoms with van der Waals surface area (Å²) in [6.07, 6.45) is 12.9. The van der Waals surface area contributed by atoms with Gasteiger partial charge in [-0.05, 0) is 24.3 Å². The molecule has 2 heterocycles. The third-order valence-electron chi connectivity index (χ3n) is 3.24. The number of hydrogen-bond acceptors (Lipinski definition) is 4. The molecule has 3 aromatic rings. The Morgan fingerprint density at radius 2 is 2.04 bits per heavy atom. The number of allylic oxidation sites excluding steroid dienone is 3. The average molecular weight is 368 g/mol. The molecular formula is C20H23FN5O+. The first kappa shape index (κ1) is 20.0. The summed E-state index contributed by atoms with van der Waals surface area (Å²) in [5.74, 6) is 0.469. The monoisotopic (exact) mass is 368 g/mol. The summed E-state index contributed by atoms with van der Waals surface area (Å²) in [4.78, 5) is 3.97. The first-order chi connectivity index (χ1) is 13.2. The molecule has 2 aromatic heterocycles. The Morgan fingerprint density at radius 3 is 2.78 bits per heavy atom. The van der Waals surface area contributed by atoms with Crippen molar-refractivity contribution in [1.29, 1.82) is 0 Å². The third kappa shape index (κ3) is 6.16. The fourth-order valence-electron chi connectivity index (χ4n) is 2.15. The van der Waals surface area contributed by atoms with Crippen LogP contribution in [0.5, 0.6) is 11.5 Å². The van der Waals surface area contributed by atoms with E-state index >= 15 is 0 Å². The minimum absolute atomic E-state index is 0.362. The fraction of sp³-hybridized carbons (Fsp3) is 0.150. The number of nitrogens with zero attached hydrogens (tertiary/aromatic N) is 4. The molecule has 0 aliphatic carbocycles. The molecular weight excluding hydrogens is 345 g/mol. The first-order valence-corrected chi connectivity index (χ1v) is 8.65. The van der Waals surface area contributed by atoms with Gasteiger partial charge >= 0.3 is 0 Å². The molecule has 1 aromatic carbocycles. The number of hydrogen-bond donors (Lipinski definition) is 1. The van der Waals surface area contributed by atoms with Gasteiger partial charge in [-0.25, -0.2) is 9.07 Å². The van der Waals surface area contributed by atoms with E-state index in [0.717, 1.165) is 5.69 Å². The number of benzene rings is 1. The van der Waals surface area contributed by atoms with Gasteiger partial charge in [0.1, 0.15) is 17.3 Å². The molecule has 0 radical (unpaired) electrons.